The molecule has 5 heteroatoms. The van der Waals surface area contributed by atoms with Crippen LogP contribution >= 0.6 is 27.3 Å². The number of nitrogens with zero attached hydrogens (tertiary/aromatic N) is 1. The minimum absolute atomic E-state index is 0.171. The van der Waals surface area contributed by atoms with Gasteiger partial charge in [-0.05, 0) is 52.7 Å². The number of halogens is 1. The highest BCUT2D eigenvalue weighted by molar-refractivity contribution is 9.10. The summed E-state index contributed by atoms with van der Waals surface area (Å²) in [5.74, 6) is 0.171. The van der Waals surface area contributed by atoms with Crippen LogP contribution in [0.25, 0.3) is 20.8 Å². The predicted molar refractivity (Wildman–Crippen MR) is 83.6 cm³/mol. The fourth-order valence-electron chi connectivity index (χ4n) is 1.93. The lowest BCUT2D eigenvalue weighted by Crippen LogP contribution is -1.87. The molecule has 0 aliphatic carbocycles. The second-order valence-corrected chi connectivity index (χ2v) is 6.27. The molecule has 1 aromatic heterocycles. The monoisotopic (exact) mass is 334 g/mol. The molecule has 0 bridgehead atoms. The maximum Gasteiger partial charge on any atom is 0.140 e. The average molecular weight is 335 g/mol. The number of phenolic OH excluding ortho intramolecular Hbond substituents is 1. The molecule has 0 atom stereocenters. The van der Waals surface area contributed by atoms with Crippen molar-refractivity contribution in [3.63, 3.8) is 0 Å². The van der Waals surface area contributed by atoms with E-state index in [0.717, 1.165) is 15.2 Å². The van der Waals surface area contributed by atoms with E-state index in [-0.39, 0.29) is 5.75 Å². The Labute approximate surface area is 122 Å². The van der Waals surface area contributed by atoms with Crippen molar-refractivity contribution >= 4 is 43.2 Å². The number of fused-ring (bicyclic) bond motifs is 1. The smallest absolute Gasteiger partial charge is 0.140 e. The second kappa shape index (κ2) is 4.51. The molecule has 19 heavy (non-hydrogen) atoms. The Morgan fingerprint density at radius 3 is 2.84 bits per heavy atom. The Hall–Kier alpha value is -1.59. The summed E-state index contributed by atoms with van der Waals surface area (Å²) >= 11 is 4.85. The van der Waals surface area contributed by atoms with Crippen LogP contribution in [0.2, 0.25) is 0 Å². The van der Waals surface area contributed by atoms with Crippen LogP contribution in [0.5, 0.6) is 5.75 Å². The van der Waals surface area contributed by atoms with Gasteiger partial charge in [0.1, 0.15) is 10.8 Å². The largest absolute Gasteiger partial charge is 0.506 e. The van der Waals surface area contributed by atoms with Gasteiger partial charge in [-0.1, -0.05) is 6.07 Å². The molecular formula is C14H11BrN2OS. The van der Waals surface area contributed by atoms with Gasteiger partial charge in [0.15, 0.2) is 0 Å². The molecule has 3 rings (SSSR count). The fourth-order valence-corrected chi connectivity index (χ4v) is 3.49. The van der Waals surface area contributed by atoms with Crippen LogP contribution in [0.1, 0.15) is 5.56 Å². The quantitative estimate of drug-likeness (QED) is 0.514. The highest BCUT2D eigenvalue weighted by atomic mass is 79.9. The minimum atomic E-state index is 0.171. The molecule has 0 unspecified atom stereocenters. The third-order valence-corrected chi connectivity index (χ3v) is 4.52. The molecular weight excluding hydrogens is 324 g/mol. The number of aromatic hydroxyl groups is 1. The molecule has 0 spiro atoms. The van der Waals surface area contributed by atoms with Gasteiger partial charge in [0.05, 0.1) is 20.3 Å². The number of aromatic nitrogens is 1. The molecule has 3 N–H and O–H groups in total. The second-order valence-electron chi connectivity index (χ2n) is 4.39. The van der Waals surface area contributed by atoms with Crippen molar-refractivity contribution in [3.05, 3.63) is 40.4 Å². The van der Waals surface area contributed by atoms with Gasteiger partial charge < -0.3 is 10.8 Å². The van der Waals surface area contributed by atoms with Gasteiger partial charge >= 0.3 is 0 Å². The SMILES string of the molecule is Cc1ccc2nc(-c3cc(N)cc(Br)c3O)sc2c1. The van der Waals surface area contributed by atoms with Crippen molar-refractivity contribution in [1.82, 2.24) is 4.98 Å². The molecule has 1 heterocycles. The lowest BCUT2D eigenvalue weighted by Gasteiger charge is -2.04. The van der Waals surface area contributed by atoms with Crippen LogP contribution in [0.4, 0.5) is 5.69 Å². The molecule has 3 nitrogen and oxygen atoms in total. The lowest BCUT2D eigenvalue weighted by molar-refractivity contribution is 0.474. The van der Waals surface area contributed by atoms with Crippen LogP contribution in [0.15, 0.2) is 34.8 Å². The van der Waals surface area contributed by atoms with E-state index < -0.39 is 0 Å². The summed E-state index contributed by atoms with van der Waals surface area (Å²) in [6.07, 6.45) is 0. The third kappa shape index (κ3) is 2.19. The molecule has 2 aromatic carbocycles. The average Bonchev–Trinajstić information content (AvgIpc) is 2.76. The summed E-state index contributed by atoms with van der Waals surface area (Å²) in [6, 6.07) is 9.53. The zero-order valence-electron chi connectivity index (χ0n) is 10.1. The van der Waals surface area contributed by atoms with Gasteiger partial charge in [-0.15, -0.1) is 11.3 Å². The predicted octanol–water partition coefficient (Wildman–Crippen LogP) is 4.32. The number of phenols is 1. The number of anilines is 1. The van der Waals surface area contributed by atoms with Crippen molar-refractivity contribution in [2.45, 2.75) is 6.92 Å². The van der Waals surface area contributed by atoms with Crippen molar-refractivity contribution in [2.24, 2.45) is 0 Å². The Kier molecular flexibility index (Phi) is 2.95. The van der Waals surface area contributed by atoms with E-state index in [9.17, 15) is 5.11 Å². The van der Waals surface area contributed by atoms with Gasteiger partial charge in [-0.25, -0.2) is 4.98 Å². The molecule has 3 aromatic rings. The highest BCUT2D eigenvalue weighted by Crippen LogP contribution is 2.40. The Morgan fingerprint density at radius 1 is 1.26 bits per heavy atom. The van der Waals surface area contributed by atoms with E-state index in [4.69, 9.17) is 5.73 Å². The van der Waals surface area contributed by atoms with Crippen LogP contribution in [0.3, 0.4) is 0 Å². The first-order valence-corrected chi connectivity index (χ1v) is 7.31. The normalized spacial score (nSPS) is 11.1. The van der Waals surface area contributed by atoms with E-state index in [1.807, 2.05) is 19.1 Å². The zero-order valence-corrected chi connectivity index (χ0v) is 12.5. The maximum atomic E-state index is 10.1. The van der Waals surface area contributed by atoms with Crippen molar-refractivity contribution in [3.8, 4) is 16.3 Å². The van der Waals surface area contributed by atoms with Crippen molar-refractivity contribution in [1.29, 1.82) is 0 Å². The van der Waals surface area contributed by atoms with Gasteiger partial charge in [-0.2, -0.15) is 0 Å². The molecule has 0 radical (unpaired) electrons. The van der Waals surface area contributed by atoms with Crippen LogP contribution < -0.4 is 5.73 Å². The number of hydrogen-bond donors (Lipinski definition) is 2. The molecule has 0 amide bonds. The molecule has 96 valence electrons. The fraction of sp³-hybridized carbons (Fsp3) is 0.0714. The van der Waals surface area contributed by atoms with E-state index in [0.29, 0.717) is 15.7 Å². The third-order valence-electron chi connectivity index (χ3n) is 2.86. The number of aryl methyl sites for hydroxylation is 1. The Balaban J connectivity index is 2.24. The molecule has 0 aliphatic heterocycles. The van der Waals surface area contributed by atoms with Crippen molar-refractivity contribution in [2.75, 3.05) is 5.73 Å². The van der Waals surface area contributed by atoms with Crippen LogP contribution in [0, 0.1) is 6.92 Å². The van der Waals surface area contributed by atoms with Crippen LogP contribution in [-0.2, 0) is 0 Å². The summed E-state index contributed by atoms with van der Waals surface area (Å²) in [4.78, 5) is 4.55. The first-order chi connectivity index (χ1) is 9.04. The Morgan fingerprint density at radius 2 is 2.05 bits per heavy atom. The topological polar surface area (TPSA) is 59.1 Å². The van der Waals surface area contributed by atoms with Gasteiger partial charge in [0.25, 0.3) is 0 Å². The lowest BCUT2D eigenvalue weighted by atomic mass is 10.2. The maximum absolute atomic E-state index is 10.1. The minimum Gasteiger partial charge on any atom is -0.506 e. The number of nitrogen functional groups attached to an aromatic ring is 1. The number of benzene rings is 2. The summed E-state index contributed by atoms with van der Waals surface area (Å²) in [5, 5.41) is 10.9. The van der Waals surface area contributed by atoms with Gasteiger partial charge in [-0.3, -0.25) is 0 Å². The first kappa shape index (κ1) is 12.4. The Bertz CT molecular complexity index is 782. The zero-order chi connectivity index (χ0) is 13.6. The van der Waals surface area contributed by atoms with E-state index in [1.165, 1.54) is 5.56 Å². The van der Waals surface area contributed by atoms with E-state index in [2.05, 4.69) is 27.0 Å². The number of rotatable bonds is 1. The number of nitrogens with two attached hydrogens (primary N) is 1. The first-order valence-electron chi connectivity index (χ1n) is 5.70. The number of hydrogen-bond acceptors (Lipinski definition) is 4. The number of thiazole rings is 1. The van der Waals surface area contributed by atoms with Crippen molar-refractivity contribution < 1.29 is 5.11 Å². The van der Waals surface area contributed by atoms with Crippen LogP contribution in [-0.4, -0.2) is 10.1 Å². The summed E-state index contributed by atoms with van der Waals surface area (Å²) in [6.45, 7) is 2.05. The molecule has 0 saturated carbocycles. The highest BCUT2D eigenvalue weighted by Gasteiger charge is 2.13. The summed E-state index contributed by atoms with van der Waals surface area (Å²) in [5.41, 5.74) is 9.20. The van der Waals surface area contributed by atoms with Gasteiger partial charge in [0, 0.05) is 5.69 Å². The van der Waals surface area contributed by atoms with E-state index >= 15 is 0 Å². The molecule has 0 aliphatic rings. The molecule has 0 saturated heterocycles. The molecule has 0 fully saturated rings. The van der Waals surface area contributed by atoms with Gasteiger partial charge in [0.2, 0.25) is 0 Å². The summed E-state index contributed by atoms with van der Waals surface area (Å²) in [7, 11) is 0. The summed E-state index contributed by atoms with van der Waals surface area (Å²) < 4.78 is 1.69. The van der Waals surface area contributed by atoms with E-state index in [1.54, 1.807) is 23.5 Å². The standard InChI is InChI=1S/C14H11BrN2OS/c1-7-2-3-11-12(4-7)19-14(17-11)9-5-8(16)6-10(15)13(9)18/h2-6,18H,16H2,1H3.